The third kappa shape index (κ3) is 2.84. The Bertz CT molecular complexity index is 563. The summed E-state index contributed by atoms with van der Waals surface area (Å²) in [7, 11) is 1.84. The lowest BCUT2D eigenvalue weighted by Gasteiger charge is -2.19. The van der Waals surface area contributed by atoms with E-state index in [9.17, 15) is 4.39 Å². The standard InChI is InChI=1S/C13H16BrFN4/c1-4-16-11(12-13(14)17-18-19(12)3)9-5-6-10(15)8(2)7-9/h5-7,11,16H,4H2,1-3H3. The lowest BCUT2D eigenvalue weighted by atomic mass is 10.0. The van der Waals surface area contributed by atoms with E-state index in [1.54, 1.807) is 17.7 Å². The van der Waals surface area contributed by atoms with E-state index in [1.807, 2.05) is 20.0 Å². The molecule has 0 fully saturated rings. The van der Waals surface area contributed by atoms with Crippen LogP contribution in [0.3, 0.4) is 0 Å². The molecule has 0 aliphatic heterocycles. The number of halogens is 2. The van der Waals surface area contributed by atoms with Crippen molar-refractivity contribution in [1.29, 1.82) is 0 Å². The lowest BCUT2D eigenvalue weighted by Crippen LogP contribution is -2.24. The first-order valence-corrected chi connectivity index (χ1v) is 6.88. The Kier molecular flexibility index (Phi) is 4.31. The summed E-state index contributed by atoms with van der Waals surface area (Å²) in [5.41, 5.74) is 2.55. The molecule has 2 aromatic rings. The van der Waals surface area contributed by atoms with Gasteiger partial charge in [-0.25, -0.2) is 9.07 Å². The van der Waals surface area contributed by atoms with Gasteiger partial charge < -0.3 is 5.32 Å². The molecule has 0 saturated heterocycles. The van der Waals surface area contributed by atoms with E-state index < -0.39 is 0 Å². The molecule has 19 heavy (non-hydrogen) atoms. The van der Waals surface area contributed by atoms with Gasteiger partial charge in [0, 0.05) is 7.05 Å². The first-order chi connectivity index (χ1) is 9.04. The topological polar surface area (TPSA) is 42.7 Å². The van der Waals surface area contributed by atoms with Gasteiger partial charge in [0.25, 0.3) is 0 Å². The van der Waals surface area contributed by atoms with Crippen LogP contribution in [-0.2, 0) is 7.05 Å². The second kappa shape index (κ2) is 5.79. The first-order valence-electron chi connectivity index (χ1n) is 6.09. The highest BCUT2D eigenvalue weighted by molar-refractivity contribution is 9.10. The Balaban J connectivity index is 2.48. The lowest BCUT2D eigenvalue weighted by molar-refractivity contribution is 0.563. The van der Waals surface area contributed by atoms with Crippen molar-refractivity contribution in [2.24, 2.45) is 7.05 Å². The van der Waals surface area contributed by atoms with Crippen molar-refractivity contribution in [2.45, 2.75) is 19.9 Å². The molecular weight excluding hydrogens is 311 g/mol. The summed E-state index contributed by atoms with van der Waals surface area (Å²) in [6, 6.07) is 5.06. The fraction of sp³-hybridized carbons (Fsp3) is 0.385. The number of nitrogens with one attached hydrogen (secondary N) is 1. The molecule has 0 aliphatic rings. The number of hydrogen-bond acceptors (Lipinski definition) is 3. The van der Waals surface area contributed by atoms with Crippen LogP contribution < -0.4 is 5.32 Å². The van der Waals surface area contributed by atoms with Gasteiger partial charge in [-0.3, -0.25) is 0 Å². The third-order valence-electron chi connectivity index (χ3n) is 3.02. The molecule has 0 amide bonds. The molecule has 1 heterocycles. The van der Waals surface area contributed by atoms with Crippen molar-refractivity contribution in [3.63, 3.8) is 0 Å². The van der Waals surface area contributed by atoms with Crippen LogP contribution >= 0.6 is 15.9 Å². The van der Waals surface area contributed by atoms with E-state index in [2.05, 4.69) is 31.6 Å². The van der Waals surface area contributed by atoms with Crippen LogP contribution in [0.1, 0.15) is 29.8 Å². The molecule has 1 aromatic carbocycles. The molecular formula is C13H16BrFN4. The minimum Gasteiger partial charge on any atom is -0.305 e. The third-order valence-corrected chi connectivity index (χ3v) is 3.59. The van der Waals surface area contributed by atoms with Crippen LogP contribution in [0, 0.1) is 12.7 Å². The number of aryl methyl sites for hydroxylation is 2. The molecule has 1 unspecified atom stereocenters. The van der Waals surface area contributed by atoms with E-state index in [0.29, 0.717) is 10.2 Å². The van der Waals surface area contributed by atoms with Crippen LogP contribution in [-0.4, -0.2) is 21.5 Å². The Morgan fingerprint density at radius 2 is 2.21 bits per heavy atom. The molecule has 2 rings (SSSR count). The zero-order chi connectivity index (χ0) is 14.0. The number of nitrogens with zero attached hydrogens (tertiary/aromatic N) is 3. The molecule has 1 N–H and O–H groups in total. The zero-order valence-corrected chi connectivity index (χ0v) is 12.7. The van der Waals surface area contributed by atoms with Gasteiger partial charge in [0.1, 0.15) is 5.82 Å². The van der Waals surface area contributed by atoms with Gasteiger partial charge in [-0.05, 0) is 46.6 Å². The van der Waals surface area contributed by atoms with Gasteiger partial charge in [-0.2, -0.15) is 0 Å². The summed E-state index contributed by atoms with van der Waals surface area (Å²) in [6.45, 7) is 4.58. The van der Waals surface area contributed by atoms with Gasteiger partial charge in [0.2, 0.25) is 0 Å². The summed E-state index contributed by atoms with van der Waals surface area (Å²) in [6.07, 6.45) is 0. The Morgan fingerprint density at radius 3 is 2.74 bits per heavy atom. The highest BCUT2D eigenvalue weighted by Gasteiger charge is 2.21. The number of hydrogen-bond donors (Lipinski definition) is 1. The van der Waals surface area contributed by atoms with Gasteiger partial charge in [-0.15, -0.1) is 5.10 Å². The molecule has 0 saturated carbocycles. The van der Waals surface area contributed by atoms with E-state index in [0.717, 1.165) is 17.8 Å². The second-order valence-corrected chi connectivity index (χ2v) is 5.14. The smallest absolute Gasteiger partial charge is 0.153 e. The van der Waals surface area contributed by atoms with Crippen molar-refractivity contribution in [3.05, 3.63) is 45.4 Å². The van der Waals surface area contributed by atoms with Crippen LogP contribution in [0.2, 0.25) is 0 Å². The van der Waals surface area contributed by atoms with Crippen molar-refractivity contribution in [3.8, 4) is 0 Å². The molecule has 0 radical (unpaired) electrons. The second-order valence-electron chi connectivity index (χ2n) is 4.39. The number of aromatic nitrogens is 3. The van der Waals surface area contributed by atoms with Crippen molar-refractivity contribution >= 4 is 15.9 Å². The molecule has 6 heteroatoms. The van der Waals surface area contributed by atoms with E-state index >= 15 is 0 Å². The number of benzene rings is 1. The maximum Gasteiger partial charge on any atom is 0.153 e. The summed E-state index contributed by atoms with van der Waals surface area (Å²) in [5, 5.41) is 11.4. The molecule has 1 aromatic heterocycles. The fourth-order valence-electron chi connectivity index (χ4n) is 2.07. The van der Waals surface area contributed by atoms with Crippen LogP contribution in [0.25, 0.3) is 0 Å². The quantitative estimate of drug-likeness (QED) is 0.939. The summed E-state index contributed by atoms with van der Waals surface area (Å²) < 4.78 is 15.8. The van der Waals surface area contributed by atoms with E-state index in [1.165, 1.54) is 6.07 Å². The summed E-state index contributed by atoms with van der Waals surface area (Å²) in [5.74, 6) is -0.193. The fourth-order valence-corrected chi connectivity index (χ4v) is 2.63. The zero-order valence-electron chi connectivity index (χ0n) is 11.1. The summed E-state index contributed by atoms with van der Waals surface area (Å²) in [4.78, 5) is 0. The first kappa shape index (κ1) is 14.1. The minimum atomic E-state index is -0.193. The SMILES string of the molecule is CCNC(c1ccc(F)c(C)c1)c1c(Br)nnn1C. The highest BCUT2D eigenvalue weighted by Crippen LogP contribution is 2.27. The molecule has 1 atom stereocenters. The van der Waals surface area contributed by atoms with Crippen LogP contribution in [0.15, 0.2) is 22.8 Å². The molecule has 102 valence electrons. The van der Waals surface area contributed by atoms with E-state index in [-0.39, 0.29) is 11.9 Å². The van der Waals surface area contributed by atoms with Gasteiger partial charge in [0.15, 0.2) is 4.60 Å². The maximum atomic E-state index is 13.4. The molecule has 0 spiro atoms. The average Bonchev–Trinajstić information content (AvgIpc) is 2.70. The minimum absolute atomic E-state index is 0.0707. The van der Waals surface area contributed by atoms with E-state index in [4.69, 9.17) is 0 Å². The predicted molar refractivity (Wildman–Crippen MR) is 75.4 cm³/mol. The molecule has 0 bridgehead atoms. The Hall–Kier alpha value is -1.27. The predicted octanol–water partition coefficient (Wildman–Crippen LogP) is 2.72. The van der Waals surface area contributed by atoms with Gasteiger partial charge in [-0.1, -0.05) is 24.3 Å². The van der Waals surface area contributed by atoms with Crippen LogP contribution in [0.4, 0.5) is 4.39 Å². The Morgan fingerprint density at radius 1 is 1.47 bits per heavy atom. The van der Waals surface area contributed by atoms with Gasteiger partial charge in [0.05, 0.1) is 11.7 Å². The van der Waals surface area contributed by atoms with Crippen molar-refractivity contribution in [1.82, 2.24) is 20.3 Å². The van der Waals surface area contributed by atoms with Crippen molar-refractivity contribution < 1.29 is 4.39 Å². The van der Waals surface area contributed by atoms with Crippen molar-refractivity contribution in [2.75, 3.05) is 6.54 Å². The summed E-state index contributed by atoms with van der Waals surface area (Å²) >= 11 is 3.41. The average molecular weight is 327 g/mol. The van der Waals surface area contributed by atoms with Crippen LogP contribution in [0.5, 0.6) is 0 Å². The number of rotatable bonds is 4. The monoisotopic (exact) mass is 326 g/mol. The van der Waals surface area contributed by atoms with Gasteiger partial charge >= 0.3 is 0 Å². The highest BCUT2D eigenvalue weighted by atomic mass is 79.9. The Labute approximate surface area is 120 Å². The molecule has 4 nitrogen and oxygen atoms in total. The molecule has 0 aliphatic carbocycles. The maximum absolute atomic E-state index is 13.4. The normalized spacial score (nSPS) is 12.7. The largest absolute Gasteiger partial charge is 0.305 e.